The third-order valence-corrected chi connectivity index (χ3v) is 4.19. The second kappa shape index (κ2) is 7.16. The highest BCUT2D eigenvalue weighted by atomic mass is 35.5. The van der Waals surface area contributed by atoms with Crippen LogP contribution in [0, 0.1) is 0 Å². The zero-order chi connectivity index (χ0) is 15.4. The van der Waals surface area contributed by atoms with Gasteiger partial charge in [-0.25, -0.2) is 4.68 Å². The molecule has 0 spiro atoms. The van der Waals surface area contributed by atoms with Gasteiger partial charge in [0, 0.05) is 30.2 Å². The van der Waals surface area contributed by atoms with Crippen molar-refractivity contribution in [2.75, 3.05) is 25.1 Å². The van der Waals surface area contributed by atoms with E-state index < -0.39 is 0 Å². The topological polar surface area (TPSA) is 39.1 Å². The zero-order valence-electron chi connectivity index (χ0n) is 12.9. The summed E-state index contributed by atoms with van der Waals surface area (Å²) in [6.45, 7) is 4.47. The van der Waals surface area contributed by atoms with Gasteiger partial charge in [0.1, 0.15) is 5.82 Å². The number of rotatable bonds is 5. The number of aromatic nitrogens is 2. The first-order valence-corrected chi connectivity index (χ1v) is 8.35. The van der Waals surface area contributed by atoms with Crippen molar-refractivity contribution in [1.82, 2.24) is 9.78 Å². The van der Waals surface area contributed by atoms with Crippen molar-refractivity contribution in [3.8, 4) is 5.69 Å². The number of ether oxygens (including phenoxy) is 1. The molecule has 0 fully saturated rings. The fourth-order valence-corrected chi connectivity index (χ4v) is 3.07. The Bertz CT molecular complexity index is 639. The molecule has 0 amide bonds. The van der Waals surface area contributed by atoms with E-state index in [4.69, 9.17) is 21.4 Å². The van der Waals surface area contributed by atoms with Gasteiger partial charge in [-0.05, 0) is 44.4 Å². The molecular weight excluding hydrogens is 298 g/mol. The van der Waals surface area contributed by atoms with Crippen LogP contribution in [0.15, 0.2) is 24.3 Å². The summed E-state index contributed by atoms with van der Waals surface area (Å²) in [5.41, 5.74) is 3.47. The largest absolute Gasteiger partial charge is 0.381 e. The Labute approximate surface area is 136 Å². The van der Waals surface area contributed by atoms with E-state index in [0.717, 1.165) is 54.8 Å². The molecule has 5 heteroatoms. The van der Waals surface area contributed by atoms with E-state index in [1.54, 1.807) is 0 Å². The predicted molar refractivity (Wildman–Crippen MR) is 90.2 cm³/mol. The monoisotopic (exact) mass is 319 g/mol. The van der Waals surface area contributed by atoms with Crippen molar-refractivity contribution in [2.24, 2.45) is 0 Å². The summed E-state index contributed by atoms with van der Waals surface area (Å²) in [5, 5.41) is 9.10. The van der Waals surface area contributed by atoms with E-state index in [0.29, 0.717) is 0 Å². The Morgan fingerprint density at radius 1 is 1.36 bits per heavy atom. The van der Waals surface area contributed by atoms with Gasteiger partial charge in [0.2, 0.25) is 0 Å². The standard InChI is InChI=1S/C17H22ClN3O/c1-2-22-11-9-16-15-8-3-4-10-19-17(15)21(20-16)14-7-5-6-13(18)12-14/h5-7,12,19H,2-4,8-11H2,1H3. The van der Waals surface area contributed by atoms with E-state index in [1.165, 1.54) is 18.4 Å². The highest BCUT2D eigenvalue weighted by molar-refractivity contribution is 6.30. The van der Waals surface area contributed by atoms with E-state index in [-0.39, 0.29) is 0 Å². The molecule has 118 valence electrons. The molecule has 0 unspecified atom stereocenters. The molecule has 1 aliphatic heterocycles. The number of hydrogen-bond donors (Lipinski definition) is 1. The molecule has 2 heterocycles. The van der Waals surface area contributed by atoms with Gasteiger partial charge in [0.15, 0.2) is 0 Å². The van der Waals surface area contributed by atoms with Gasteiger partial charge in [-0.15, -0.1) is 0 Å². The average Bonchev–Trinajstić information content (AvgIpc) is 2.70. The first kappa shape index (κ1) is 15.4. The van der Waals surface area contributed by atoms with Gasteiger partial charge < -0.3 is 10.1 Å². The minimum absolute atomic E-state index is 0.718. The summed E-state index contributed by atoms with van der Waals surface area (Å²) in [6, 6.07) is 7.84. The lowest BCUT2D eigenvalue weighted by Gasteiger charge is -2.09. The van der Waals surface area contributed by atoms with Gasteiger partial charge in [0.05, 0.1) is 18.0 Å². The van der Waals surface area contributed by atoms with Gasteiger partial charge in [0.25, 0.3) is 0 Å². The van der Waals surface area contributed by atoms with Crippen LogP contribution in [-0.4, -0.2) is 29.5 Å². The maximum atomic E-state index is 6.14. The summed E-state index contributed by atoms with van der Waals surface area (Å²) in [4.78, 5) is 0. The van der Waals surface area contributed by atoms with E-state index >= 15 is 0 Å². The molecule has 1 aromatic carbocycles. The highest BCUT2D eigenvalue weighted by Crippen LogP contribution is 2.29. The van der Waals surface area contributed by atoms with Gasteiger partial charge in [-0.2, -0.15) is 5.10 Å². The smallest absolute Gasteiger partial charge is 0.133 e. The Balaban J connectivity index is 1.98. The minimum Gasteiger partial charge on any atom is -0.381 e. The third kappa shape index (κ3) is 3.28. The van der Waals surface area contributed by atoms with Crippen molar-refractivity contribution in [2.45, 2.75) is 32.6 Å². The van der Waals surface area contributed by atoms with Crippen LogP contribution in [-0.2, 0) is 17.6 Å². The van der Waals surface area contributed by atoms with Crippen LogP contribution in [0.1, 0.15) is 31.0 Å². The zero-order valence-corrected chi connectivity index (χ0v) is 13.7. The maximum absolute atomic E-state index is 6.14. The summed E-state index contributed by atoms with van der Waals surface area (Å²) < 4.78 is 7.50. The summed E-state index contributed by atoms with van der Waals surface area (Å²) in [7, 11) is 0. The van der Waals surface area contributed by atoms with Crippen molar-refractivity contribution in [3.05, 3.63) is 40.5 Å². The molecule has 1 aromatic heterocycles. The molecule has 3 rings (SSSR count). The molecule has 1 N–H and O–H groups in total. The second-order valence-corrected chi connectivity index (χ2v) is 5.93. The lowest BCUT2D eigenvalue weighted by molar-refractivity contribution is 0.150. The van der Waals surface area contributed by atoms with Crippen molar-refractivity contribution >= 4 is 17.4 Å². The molecule has 0 atom stereocenters. The summed E-state index contributed by atoms with van der Waals surface area (Å²) >= 11 is 6.14. The molecule has 0 radical (unpaired) electrons. The lowest BCUT2D eigenvalue weighted by atomic mass is 10.1. The maximum Gasteiger partial charge on any atom is 0.133 e. The van der Waals surface area contributed by atoms with Crippen LogP contribution in [0.25, 0.3) is 5.69 Å². The van der Waals surface area contributed by atoms with Crippen LogP contribution in [0.5, 0.6) is 0 Å². The molecular formula is C17H22ClN3O. The van der Waals surface area contributed by atoms with Gasteiger partial charge >= 0.3 is 0 Å². The van der Waals surface area contributed by atoms with Gasteiger partial charge in [-0.3, -0.25) is 0 Å². The number of nitrogens with zero attached hydrogens (tertiary/aromatic N) is 2. The number of halogens is 1. The Kier molecular flexibility index (Phi) is 5.01. The van der Waals surface area contributed by atoms with E-state index in [1.807, 2.05) is 35.9 Å². The number of fused-ring (bicyclic) bond motifs is 1. The molecule has 1 aliphatic rings. The van der Waals surface area contributed by atoms with Crippen LogP contribution in [0.3, 0.4) is 0 Å². The Hall–Kier alpha value is -1.52. The molecule has 0 saturated heterocycles. The van der Waals surface area contributed by atoms with E-state index in [2.05, 4.69) is 5.32 Å². The summed E-state index contributed by atoms with van der Waals surface area (Å²) in [5.74, 6) is 1.12. The Morgan fingerprint density at radius 3 is 3.09 bits per heavy atom. The van der Waals surface area contributed by atoms with Crippen molar-refractivity contribution in [1.29, 1.82) is 0 Å². The van der Waals surface area contributed by atoms with Crippen LogP contribution < -0.4 is 5.32 Å². The quantitative estimate of drug-likeness (QED) is 0.851. The average molecular weight is 320 g/mol. The molecule has 22 heavy (non-hydrogen) atoms. The van der Waals surface area contributed by atoms with Crippen LogP contribution in [0.4, 0.5) is 5.82 Å². The Morgan fingerprint density at radius 2 is 2.27 bits per heavy atom. The number of anilines is 1. The first-order valence-electron chi connectivity index (χ1n) is 7.98. The molecule has 4 nitrogen and oxygen atoms in total. The van der Waals surface area contributed by atoms with Gasteiger partial charge in [-0.1, -0.05) is 17.7 Å². The summed E-state index contributed by atoms with van der Waals surface area (Å²) in [6.07, 6.45) is 4.31. The highest BCUT2D eigenvalue weighted by Gasteiger charge is 2.20. The molecule has 0 bridgehead atoms. The molecule has 2 aromatic rings. The second-order valence-electron chi connectivity index (χ2n) is 5.50. The molecule has 0 aliphatic carbocycles. The van der Waals surface area contributed by atoms with Crippen molar-refractivity contribution in [3.63, 3.8) is 0 Å². The number of nitrogens with one attached hydrogen (secondary N) is 1. The normalized spacial score (nSPS) is 14.3. The van der Waals surface area contributed by atoms with Crippen LogP contribution in [0.2, 0.25) is 5.02 Å². The minimum atomic E-state index is 0.718. The SMILES string of the molecule is CCOCCc1nn(-c2cccc(Cl)c2)c2c1CCCCN2. The first-order chi connectivity index (χ1) is 10.8. The van der Waals surface area contributed by atoms with Crippen molar-refractivity contribution < 1.29 is 4.74 Å². The molecule has 0 saturated carbocycles. The predicted octanol–water partition coefficient (Wildman–Crippen LogP) is 3.85. The fraction of sp³-hybridized carbons (Fsp3) is 0.471. The lowest BCUT2D eigenvalue weighted by Crippen LogP contribution is -2.07. The number of benzene rings is 1. The third-order valence-electron chi connectivity index (χ3n) is 3.95. The number of hydrogen-bond acceptors (Lipinski definition) is 3. The van der Waals surface area contributed by atoms with E-state index in [9.17, 15) is 0 Å². The van der Waals surface area contributed by atoms with Crippen LogP contribution >= 0.6 is 11.6 Å². The fourth-order valence-electron chi connectivity index (χ4n) is 2.88.